The smallest absolute Gasteiger partial charge is 0.284 e. The van der Waals surface area contributed by atoms with Crippen molar-refractivity contribution in [2.24, 2.45) is 11.5 Å². The van der Waals surface area contributed by atoms with E-state index in [4.69, 9.17) is 15.9 Å². The van der Waals surface area contributed by atoms with Crippen molar-refractivity contribution in [2.75, 3.05) is 32.7 Å². The van der Waals surface area contributed by atoms with Crippen molar-refractivity contribution in [3.8, 4) is 0 Å². The third kappa shape index (κ3) is 5.05. The molecule has 0 radical (unpaired) electrons. The van der Waals surface area contributed by atoms with Crippen LogP contribution in [0.1, 0.15) is 42.7 Å². The van der Waals surface area contributed by atoms with Crippen molar-refractivity contribution in [1.29, 1.82) is 0 Å². The molecular weight excluding hydrogens is 360 g/mol. The highest BCUT2D eigenvalue weighted by atomic mass is 32.2. The first-order valence-electron chi connectivity index (χ1n) is 8.74. The lowest BCUT2D eigenvalue weighted by atomic mass is 10.1. The van der Waals surface area contributed by atoms with E-state index >= 15 is 0 Å². The zero-order chi connectivity index (χ0) is 19.2. The molecule has 0 saturated carbocycles. The number of primary amides is 1. The maximum Gasteiger partial charge on any atom is 0.284 e. The number of sulfonamides is 1. The molecule has 1 fully saturated rings. The Morgan fingerprint density at radius 2 is 1.69 bits per heavy atom. The minimum atomic E-state index is -3.84. The van der Waals surface area contributed by atoms with Crippen LogP contribution in [0.25, 0.3) is 0 Å². The van der Waals surface area contributed by atoms with Gasteiger partial charge in [0.05, 0.1) is 0 Å². The summed E-state index contributed by atoms with van der Waals surface area (Å²) in [4.78, 5) is 24.9. The Balaban J connectivity index is 1.84. The number of unbranched alkanes of at least 4 members (excludes halogenated alkanes) is 3. The predicted molar refractivity (Wildman–Crippen MR) is 94.7 cm³/mol. The number of nitrogens with two attached hydrogens (primary N) is 2. The van der Waals surface area contributed by atoms with E-state index in [2.05, 4.69) is 0 Å². The Kier molecular flexibility index (Phi) is 7.18. The standard InChI is InChI=1S/C16H26N4O5S/c17-8-4-2-1-3-5-14(21)19-9-11-20(12-10-19)26(23,24)15-7-6-13(25-15)16(18)22/h6-7H,1-5,8-12,17H2,(H2,18,22). The van der Waals surface area contributed by atoms with E-state index in [1.807, 2.05) is 0 Å². The summed E-state index contributed by atoms with van der Waals surface area (Å²) in [5.74, 6) is -0.982. The van der Waals surface area contributed by atoms with Gasteiger partial charge in [-0.3, -0.25) is 9.59 Å². The highest BCUT2D eigenvalue weighted by Gasteiger charge is 2.32. The maximum atomic E-state index is 12.5. The van der Waals surface area contributed by atoms with Crippen LogP contribution in [0.3, 0.4) is 0 Å². The second-order valence-corrected chi connectivity index (χ2v) is 8.09. The maximum absolute atomic E-state index is 12.5. The van der Waals surface area contributed by atoms with Crippen LogP contribution >= 0.6 is 0 Å². The van der Waals surface area contributed by atoms with Gasteiger partial charge in [0, 0.05) is 32.6 Å². The van der Waals surface area contributed by atoms with Gasteiger partial charge in [0.15, 0.2) is 5.76 Å². The summed E-state index contributed by atoms with van der Waals surface area (Å²) >= 11 is 0. The Hall–Kier alpha value is -1.91. The van der Waals surface area contributed by atoms with Crippen molar-refractivity contribution in [1.82, 2.24) is 9.21 Å². The van der Waals surface area contributed by atoms with E-state index in [0.29, 0.717) is 26.1 Å². The summed E-state index contributed by atoms with van der Waals surface area (Å²) in [7, 11) is -3.84. The van der Waals surface area contributed by atoms with E-state index in [-0.39, 0.29) is 29.8 Å². The van der Waals surface area contributed by atoms with Crippen molar-refractivity contribution >= 4 is 21.8 Å². The number of amides is 2. The van der Waals surface area contributed by atoms with Gasteiger partial charge in [-0.2, -0.15) is 4.31 Å². The number of hydrogen-bond acceptors (Lipinski definition) is 6. The number of nitrogens with zero attached hydrogens (tertiary/aromatic N) is 2. The minimum Gasteiger partial charge on any atom is -0.438 e. The van der Waals surface area contributed by atoms with Gasteiger partial charge < -0.3 is 20.8 Å². The van der Waals surface area contributed by atoms with Gasteiger partial charge >= 0.3 is 0 Å². The fraction of sp³-hybridized carbons (Fsp3) is 0.625. The van der Waals surface area contributed by atoms with Crippen molar-refractivity contribution in [3.05, 3.63) is 17.9 Å². The molecular formula is C16H26N4O5S. The molecule has 1 aromatic rings. The SMILES string of the molecule is NCCCCCCC(=O)N1CCN(S(=O)(=O)c2ccc(C(N)=O)o2)CC1. The van der Waals surface area contributed by atoms with E-state index in [1.54, 1.807) is 4.90 Å². The number of rotatable bonds is 9. The quantitative estimate of drug-likeness (QED) is 0.578. The molecule has 0 bridgehead atoms. The highest BCUT2D eigenvalue weighted by molar-refractivity contribution is 7.89. The number of carbonyl (C=O) groups is 2. The van der Waals surface area contributed by atoms with Crippen LogP contribution in [0.5, 0.6) is 0 Å². The summed E-state index contributed by atoms with van der Waals surface area (Å²) in [6.45, 7) is 1.72. The molecule has 0 atom stereocenters. The lowest BCUT2D eigenvalue weighted by Crippen LogP contribution is -2.50. The summed E-state index contributed by atoms with van der Waals surface area (Å²) in [5, 5.41) is -0.314. The van der Waals surface area contributed by atoms with Crippen LogP contribution in [-0.4, -0.2) is 62.2 Å². The Morgan fingerprint density at radius 1 is 1.04 bits per heavy atom. The summed E-state index contributed by atoms with van der Waals surface area (Å²) in [6, 6.07) is 2.45. The van der Waals surface area contributed by atoms with Crippen LogP contribution in [-0.2, 0) is 14.8 Å². The Bertz CT molecular complexity index is 723. The summed E-state index contributed by atoms with van der Waals surface area (Å²) in [5.41, 5.74) is 10.5. The monoisotopic (exact) mass is 386 g/mol. The first kappa shape index (κ1) is 20.4. The summed E-state index contributed by atoms with van der Waals surface area (Å²) < 4.78 is 31.4. The fourth-order valence-corrected chi connectivity index (χ4v) is 4.16. The number of carbonyl (C=O) groups excluding carboxylic acids is 2. The predicted octanol–water partition coefficient (Wildman–Crippen LogP) is 0.121. The van der Waals surface area contributed by atoms with Gasteiger partial charge in [0.25, 0.3) is 15.9 Å². The zero-order valence-electron chi connectivity index (χ0n) is 14.7. The van der Waals surface area contributed by atoms with Crippen molar-refractivity contribution < 1.29 is 22.4 Å². The first-order valence-corrected chi connectivity index (χ1v) is 10.2. The van der Waals surface area contributed by atoms with E-state index in [1.165, 1.54) is 16.4 Å². The average molecular weight is 386 g/mol. The van der Waals surface area contributed by atoms with E-state index in [9.17, 15) is 18.0 Å². The van der Waals surface area contributed by atoms with Gasteiger partial charge in [0.2, 0.25) is 11.0 Å². The van der Waals surface area contributed by atoms with Gasteiger partial charge in [-0.05, 0) is 31.5 Å². The lowest BCUT2D eigenvalue weighted by molar-refractivity contribution is -0.132. The van der Waals surface area contributed by atoms with Crippen molar-refractivity contribution in [2.45, 2.75) is 37.2 Å². The van der Waals surface area contributed by atoms with Crippen molar-refractivity contribution in [3.63, 3.8) is 0 Å². The van der Waals surface area contributed by atoms with Gasteiger partial charge in [0.1, 0.15) is 0 Å². The second kappa shape index (κ2) is 9.15. The van der Waals surface area contributed by atoms with Gasteiger partial charge in [-0.1, -0.05) is 12.8 Å². The van der Waals surface area contributed by atoms with E-state index < -0.39 is 15.9 Å². The largest absolute Gasteiger partial charge is 0.438 e. The van der Waals surface area contributed by atoms with Crippen LogP contribution < -0.4 is 11.5 Å². The average Bonchev–Trinajstić information content (AvgIpc) is 3.13. The molecule has 1 aliphatic heterocycles. The van der Waals surface area contributed by atoms with Gasteiger partial charge in [-0.15, -0.1) is 0 Å². The molecule has 1 saturated heterocycles. The zero-order valence-corrected chi connectivity index (χ0v) is 15.5. The molecule has 0 aliphatic carbocycles. The number of furan rings is 1. The van der Waals surface area contributed by atoms with E-state index in [0.717, 1.165) is 25.7 Å². The number of hydrogen-bond donors (Lipinski definition) is 2. The molecule has 146 valence electrons. The Morgan fingerprint density at radius 3 is 2.27 bits per heavy atom. The summed E-state index contributed by atoms with van der Waals surface area (Å²) in [6.07, 6.45) is 4.25. The molecule has 2 rings (SSSR count). The molecule has 4 N–H and O–H groups in total. The molecule has 0 spiro atoms. The molecule has 26 heavy (non-hydrogen) atoms. The third-order valence-electron chi connectivity index (χ3n) is 4.35. The Labute approximate surface area is 153 Å². The molecule has 2 amide bonds. The molecule has 9 nitrogen and oxygen atoms in total. The number of piperazine rings is 1. The fourth-order valence-electron chi connectivity index (χ4n) is 2.83. The van der Waals surface area contributed by atoms with Gasteiger partial charge in [-0.25, -0.2) is 8.42 Å². The minimum absolute atomic E-state index is 0.0452. The molecule has 0 aromatic carbocycles. The van der Waals surface area contributed by atoms with Crippen LogP contribution in [0.2, 0.25) is 0 Å². The molecule has 2 heterocycles. The van der Waals surface area contributed by atoms with Crippen LogP contribution in [0.4, 0.5) is 0 Å². The molecule has 10 heteroatoms. The second-order valence-electron chi connectivity index (χ2n) is 6.22. The normalized spacial score (nSPS) is 16.0. The molecule has 0 unspecified atom stereocenters. The molecule has 1 aliphatic rings. The van der Waals surface area contributed by atoms with Crippen LogP contribution in [0.15, 0.2) is 21.6 Å². The lowest BCUT2D eigenvalue weighted by Gasteiger charge is -2.33. The third-order valence-corrected chi connectivity index (χ3v) is 6.13. The molecule has 1 aromatic heterocycles. The van der Waals surface area contributed by atoms with Crippen LogP contribution in [0, 0.1) is 0 Å². The topological polar surface area (TPSA) is 140 Å². The highest BCUT2D eigenvalue weighted by Crippen LogP contribution is 2.20. The first-order chi connectivity index (χ1) is 12.4.